The van der Waals surface area contributed by atoms with Crippen LogP contribution in [-0.2, 0) is 23.1 Å². The highest BCUT2D eigenvalue weighted by molar-refractivity contribution is 7.89. The van der Waals surface area contributed by atoms with Gasteiger partial charge in [0.15, 0.2) is 0 Å². The van der Waals surface area contributed by atoms with Crippen molar-refractivity contribution in [2.45, 2.75) is 24.9 Å². The minimum atomic E-state index is -3.72. The minimum absolute atomic E-state index is 0.00160. The molecule has 1 heterocycles. The highest BCUT2D eigenvalue weighted by Gasteiger charge is 2.24. The quantitative estimate of drug-likeness (QED) is 0.835. The molecule has 0 amide bonds. The molecule has 0 N–H and O–H groups in total. The zero-order valence-electron chi connectivity index (χ0n) is 11.6. The zero-order valence-corrected chi connectivity index (χ0v) is 14.0. The van der Waals surface area contributed by atoms with Crippen LogP contribution < -0.4 is 0 Å². The van der Waals surface area contributed by atoms with Crippen molar-refractivity contribution in [3.05, 3.63) is 46.2 Å². The Hall–Kier alpha value is -1.08. The Morgan fingerprint density at radius 3 is 2.67 bits per heavy atom. The Kier molecular flexibility index (Phi) is 4.93. The van der Waals surface area contributed by atoms with Gasteiger partial charge in [0, 0.05) is 24.8 Å². The number of hydrogen-bond acceptors (Lipinski definition) is 3. The van der Waals surface area contributed by atoms with Crippen molar-refractivity contribution in [1.82, 2.24) is 14.1 Å². The Morgan fingerprint density at radius 2 is 2.00 bits per heavy atom. The normalized spacial score (nSPS) is 12.0. The number of hydrogen-bond donors (Lipinski definition) is 0. The Labute approximate surface area is 134 Å². The maximum atomic E-state index is 12.6. The second kappa shape index (κ2) is 6.36. The molecule has 0 saturated carbocycles. The third kappa shape index (κ3) is 3.40. The molecule has 0 aliphatic carbocycles. The number of halogens is 2. The van der Waals surface area contributed by atoms with Gasteiger partial charge in [-0.25, -0.2) is 8.42 Å². The van der Waals surface area contributed by atoms with Gasteiger partial charge in [-0.15, -0.1) is 0 Å². The van der Waals surface area contributed by atoms with Crippen molar-refractivity contribution in [3.63, 3.8) is 0 Å². The summed E-state index contributed by atoms with van der Waals surface area (Å²) in [4.78, 5) is 0.00160. The van der Waals surface area contributed by atoms with Crippen molar-refractivity contribution >= 4 is 33.2 Å². The van der Waals surface area contributed by atoms with Crippen LogP contribution in [0.3, 0.4) is 0 Å². The van der Waals surface area contributed by atoms with Gasteiger partial charge >= 0.3 is 0 Å². The van der Waals surface area contributed by atoms with E-state index in [1.165, 1.54) is 23.5 Å². The minimum Gasteiger partial charge on any atom is -0.269 e. The molecule has 0 atom stereocenters. The van der Waals surface area contributed by atoms with Crippen LogP contribution in [-0.4, -0.2) is 29.6 Å². The second-order valence-corrected chi connectivity index (χ2v) is 7.33. The van der Waals surface area contributed by atoms with Gasteiger partial charge in [0.05, 0.1) is 17.3 Å². The number of benzene rings is 1. The lowest BCUT2D eigenvalue weighted by molar-refractivity contribution is 0.447. The van der Waals surface area contributed by atoms with E-state index in [1.807, 2.05) is 6.92 Å². The van der Waals surface area contributed by atoms with Gasteiger partial charge in [-0.2, -0.15) is 9.40 Å². The monoisotopic (exact) mass is 347 g/mol. The van der Waals surface area contributed by atoms with Crippen molar-refractivity contribution in [1.29, 1.82) is 0 Å². The lowest BCUT2D eigenvalue weighted by Gasteiger charge is -2.18. The molecule has 8 heteroatoms. The lowest BCUT2D eigenvalue weighted by atomic mass is 10.4. The van der Waals surface area contributed by atoms with Gasteiger partial charge in [0.25, 0.3) is 0 Å². The first-order valence-corrected chi connectivity index (χ1v) is 8.48. The van der Waals surface area contributed by atoms with Crippen LogP contribution in [0, 0.1) is 0 Å². The predicted molar refractivity (Wildman–Crippen MR) is 83.0 cm³/mol. The summed E-state index contributed by atoms with van der Waals surface area (Å²) in [6, 6.07) is 6.16. The van der Waals surface area contributed by atoms with E-state index in [0.717, 1.165) is 5.69 Å². The van der Waals surface area contributed by atoms with Gasteiger partial charge in [-0.05, 0) is 31.2 Å². The number of aromatic nitrogens is 2. The summed E-state index contributed by atoms with van der Waals surface area (Å²) < 4.78 is 28.1. The Balaban J connectivity index is 2.33. The average Bonchev–Trinajstić information content (AvgIpc) is 2.88. The molecule has 1 aromatic carbocycles. The fourth-order valence-corrected chi connectivity index (χ4v) is 3.81. The van der Waals surface area contributed by atoms with Crippen molar-refractivity contribution in [2.75, 3.05) is 7.05 Å². The SMILES string of the molecule is CCn1nccc1CN(C)S(=O)(=O)c1cc(Cl)ccc1Cl. The van der Waals surface area contributed by atoms with Crippen LogP contribution >= 0.6 is 23.2 Å². The summed E-state index contributed by atoms with van der Waals surface area (Å²) in [5.74, 6) is 0. The molecule has 0 spiro atoms. The molecule has 0 aliphatic heterocycles. The number of aryl methyl sites for hydroxylation is 1. The molecular weight excluding hydrogens is 333 g/mol. The van der Waals surface area contributed by atoms with Crippen LogP contribution in [0.15, 0.2) is 35.4 Å². The Bertz CT molecular complexity index is 744. The highest BCUT2D eigenvalue weighted by Crippen LogP contribution is 2.27. The molecule has 0 radical (unpaired) electrons. The first kappa shape index (κ1) is 16.3. The molecule has 0 unspecified atom stereocenters. The largest absolute Gasteiger partial charge is 0.269 e. The van der Waals surface area contributed by atoms with E-state index < -0.39 is 10.0 Å². The molecule has 5 nitrogen and oxygen atoms in total. The maximum absolute atomic E-state index is 12.6. The van der Waals surface area contributed by atoms with Crippen LogP contribution in [0.2, 0.25) is 10.0 Å². The number of rotatable bonds is 5. The van der Waals surface area contributed by atoms with Crippen LogP contribution in [0.1, 0.15) is 12.6 Å². The average molecular weight is 348 g/mol. The van der Waals surface area contributed by atoms with Gasteiger partial charge in [-0.3, -0.25) is 4.68 Å². The lowest BCUT2D eigenvalue weighted by Crippen LogP contribution is -2.28. The standard InChI is InChI=1S/C13H15Cl2N3O2S/c1-3-18-11(6-7-16-18)9-17(2)21(19,20)13-8-10(14)4-5-12(13)15/h4-8H,3,9H2,1-2H3. The maximum Gasteiger partial charge on any atom is 0.244 e. The summed E-state index contributed by atoms with van der Waals surface area (Å²) >= 11 is 11.8. The first-order valence-electron chi connectivity index (χ1n) is 6.28. The fraction of sp³-hybridized carbons (Fsp3) is 0.308. The molecule has 0 saturated heterocycles. The molecule has 21 heavy (non-hydrogen) atoms. The van der Waals surface area contributed by atoms with E-state index in [0.29, 0.717) is 11.6 Å². The van der Waals surface area contributed by atoms with Gasteiger partial charge < -0.3 is 0 Å². The van der Waals surface area contributed by atoms with Crippen molar-refractivity contribution < 1.29 is 8.42 Å². The topological polar surface area (TPSA) is 55.2 Å². The van der Waals surface area contributed by atoms with E-state index in [-0.39, 0.29) is 16.5 Å². The van der Waals surface area contributed by atoms with Gasteiger partial charge in [0.1, 0.15) is 4.90 Å². The second-order valence-electron chi connectivity index (χ2n) is 4.47. The zero-order chi connectivity index (χ0) is 15.6. The van der Waals surface area contributed by atoms with Crippen LogP contribution in [0.4, 0.5) is 0 Å². The molecule has 0 bridgehead atoms. The fourth-order valence-electron chi connectivity index (χ4n) is 1.93. The molecule has 0 fully saturated rings. The highest BCUT2D eigenvalue weighted by atomic mass is 35.5. The van der Waals surface area contributed by atoms with E-state index in [1.54, 1.807) is 23.0 Å². The van der Waals surface area contributed by atoms with Gasteiger partial charge in [0.2, 0.25) is 10.0 Å². The molecule has 114 valence electrons. The summed E-state index contributed by atoms with van der Waals surface area (Å²) in [6.07, 6.45) is 1.64. The molecule has 0 aliphatic rings. The third-order valence-corrected chi connectivity index (χ3v) is 5.59. The predicted octanol–water partition coefficient (Wildman–Crippen LogP) is 3.03. The summed E-state index contributed by atoms with van der Waals surface area (Å²) in [6.45, 7) is 2.83. The van der Waals surface area contributed by atoms with E-state index in [4.69, 9.17) is 23.2 Å². The van der Waals surface area contributed by atoms with Crippen molar-refractivity contribution in [2.24, 2.45) is 0 Å². The van der Waals surface area contributed by atoms with E-state index in [2.05, 4.69) is 5.10 Å². The van der Waals surface area contributed by atoms with Crippen molar-refractivity contribution in [3.8, 4) is 0 Å². The van der Waals surface area contributed by atoms with Crippen LogP contribution in [0.5, 0.6) is 0 Å². The molecule has 2 aromatic rings. The summed E-state index contributed by atoms with van der Waals surface area (Å²) in [5, 5.41) is 4.59. The molecule has 1 aromatic heterocycles. The molecular formula is C13H15Cl2N3O2S. The number of nitrogens with zero attached hydrogens (tertiary/aromatic N) is 3. The van der Waals surface area contributed by atoms with Crippen LogP contribution in [0.25, 0.3) is 0 Å². The summed E-state index contributed by atoms with van der Waals surface area (Å²) in [7, 11) is -2.22. The number of sulfonamides is 1. The third-order valence-electron chi connectivity index (χ3n) is 3.07. The van der Waals surface area contributed by atoms with Gasteiger partial charge in [-0.1, -0.05) is 23.2 Å². The van der Waals surface area contributed by atoms with E-state index in [9.17, 15) is 8.42 Å². The summed E-state index contributed by atoms with van der Waals surface area (Å²) in [5.41, 5.74) is 0.807. The first-order chi connectivity index (χ1) is 9.86. The smallest absolute Gasteiger partial charge is 0.244 e. The molecule has 2 rings (SSSR count). The Morgan fingerprint density at radius 1 is 1.29 bits per heavy atom. The van der Waals surface area contributed by atoms with E-state index >= 15 is 0 Å².